The summed E-state index contributed by atoms with van der Waals surface area (Å²) in [5, 5.41) is 3.34. The van der Waals surface area contributed by atoms with Gasteiger partial charge >= 0.3 is 0 Å². The second kappa shape index (κ2) is 12.9. The third kappa shape index (κ3) is 7.58. The number of likely N-dealkylation sites (N-methyl/N-ethyl adjacent to an activating group) is 1. The van der Waals surface area contributed by atoms with Crippen molar-refractivity contribution in [3.8, 4) is 0 Å². The minimum absolute atomic E-state index is 0.0817. The fourth-order valence-electron chi connectivity index (χ4n) is 4.45. The second-order valence-corrected chi connectivity index (χ2v) is 11.6. The number of hydrogen-bond acceptors (Lipinski definition) is 4. The molecular weight excluding hydrogens is 522 g/mol. The van der Waals surface area contributed by atoms with Gasteiger partial charge in [0.25, 0.3) is 0 Å². The van der Waals surface area contributed by atoms with E-state index in [-0.39, 0.29) is 18.9 Å². The van der Waals surface area contributed by atoms with Crippen LogP contribution in [0.4, 0.5) is 5.69 Å². The van der Waals surface area contributed by atoms with Crippen LogP contribution in [0.3, 0.4) is 0 Å². The van der Waals surface area contributed by atoms with Crippen molar-refractivity contribution < 1.29 is 18.0 Å². The van der Waals surface area contributed by atoms with E-state index in [1.54, 1.807) is 18.2 Å². The maximum atomic E-state index is 14.0. The third-order valence-electron chi connectivity index (χ3n) is 6.23. The molecule has 0 saturated heterocycles. The molecule has 0 saturated carbocycles. The molecule has 3 aromatic rings. The molecule has 202 valence electrons. The maximum Gasteiger partial charge on any atom is 0.244 e. The van der Waals surface area contributed by atoms with Crippen LogP contribution < -0.4 is 9.62 Å². The van der Waals surface area contributed by atoms with Gasteiger partial charge in [-0.3, -0.25) is 13.9 Å². The van der Waals surface area contributed by atoms with Crippen LogP contribution >= 0.6 is 11.6 Å². The number of hydrogen-bond donors (Lipinski definition) is 1. The summed E-state index contributed by atoms with van der Waals surface area (Å²) in [4.78, 5) is 28.8. The lowest BCUT2D eigenvalue weighted by atomic mass is 10.0. The fourth-order valence-corrected chi connectivity index (χ4v) is 5.63. The van der Waals surface area contributed by atoms with Crippen molar-refractivity contribution in [2.24, 2.45) is 0 Å². The van der Waals surface area contributed by atoms with Crippen LogP contribution in [0.2, 0.25) is 5.02 Å². The van der Waals surface area contributed by atoms with E-state index in [0.717, 1.165) is 32.8 Å². The monoisotopic (exact) mass is 555 g/mol. The smallest absolute Gasteiger partial charge is 0.244 e. The van der Waals surface area contributed by atoms with Gasteiger partial charge in [0.05, 0.1) is 11.9 Å². The highest BCUT2D eigenvalue weighted by Gasteiger charge is 2.33. The number of anilines is 1. The van der Waals surface area contributed by atoms with Gasteiger partial charge in [-0.05, 0) is 55.2 Å². The highest BCUT2D eigenvalue weighted by molar-refractivity contribution is 7.92. The summed E-state index contributed by atoms with van der Waals surface area (Å²) in [5.74, 6) is -0.810. The normalized spacial score (nSPS) is 12.0. The van der Waals surface area contributed by atoms with Gasteiger partial charge in [-0.2, -0.15) is 0 Å². The van der Waals surface area contributed by atoms with Gasteiger partial charge in [0, 0.05) is 24.5 Å². The molecule has 0 aliphatic rings. The number of amides is 2. The zero-order valence-electron chi connectivity index (χ0n) is 22.1. The highest BCUT2D eigenvalue weighted by atomic mass is 35.5. The van der Waals surface area contributed by atoms with E-state index in [4.69, 9.17) is 11.6 Å². The average Bonchev–Trinajstić information content (AvgIpc) is 2.85. The third-order valence-corrected chi connectivity index (χ3v) is 7.58. The number of nitrogens with one attached hydrogen (secondary N) is 1. The number of nitrogens with zero attached hydrogens (tertiary/aromatic N) is 2. The van der Waals surface area contributed by atoms with E-state index in [2.05, 4.69) is 5.32 Å². The zero-order chi connectivity index (χ0) is 27.9. The standard InChI is InChI=1S/C29H34ClN3O4S/c1-5-31-29(35)26(18-23-13-7-6-8-14-23)32(19-24-15-10-16-25(30)17-24)27(34)20-33(38(4,36)37)28-21(2)11-9-12-22(28)3/h6-17,26H,5,18-20H2,1-4H3,(H,31,35)/t26-/m0/s1. The molecule has 0 spiro atoms. The molecule has 0 fully saturated rings. The van der Waals surface area contributed by atoms with Crippen molar-refractivity contribution in [2.45, 2.75) is 39.8 Å². The van der Waals surface area contributed by atoms with Crippen LogP contribution in [0.15, 0.2) is 72.8 Å². The molecule has 0 aliphatic heterocycles. The van der Waals surface area contributed by atoms with E-state index < -0.39 is 28.5 Å². The quantitative estimate of drug-likeness (QED) is 0.377. The first-order valence-corrected chi connectivity index (χ1v) is 14.6. The fraction of sp³-hybridized carbons (Fsp3) is 0.310. The van der Waals surface area contributed by atoms with Crippen LogP contribution in [-0.4, -0.2) is 50.5 Å². The molecule has 9 heteroatoms. The average molecular weight is 556 g/mol. The highest BCUT2D eigenvalue weighted by Crippen LogP contribution is 2.27. The predicted molar refractivity (Wildman–Crippen MR) is 153 cm³/mol. The Morgan fingerprint density at radius 2 is 1.53 bits per heavy atom. The Balaban J connectivity index is 2.08. The largest absolute Gasteiger partial charge is 0.355 e. The summed E-state index contributed by atoms with van der Waals surface area (Å²) in [7, 11) is -3.82. The summed E-state index contributed by atoms with van der Waals surface area (Å²) in [6.07, 6.45) is 1.35. The molecule has 0 radical (unpaired) electrons. The van der Waals surface area contributed by atoms with Gasteiger partial charge in [-0.15, -0.1) is 0 Å². The van der Waals surface area contributed by atoms with Crippen LogP contribution in [-0.2, 0) is 32.6 Å². The van der Waals surface area contributed by atoms with E-state index >= 15 is 0 Å². The van der Waals surface area contributed by atoms with Crippen molar-refractivity contribution in [2.75, 3.05) is 23.7 Å². The van der Waals surface area contributed by atoms with E-state index in [1.165, 1.54) is 4.90 Å². The van der Waals surface area contributed by atoms with Gasteiger partial charge in [-0.1, -0.05) is 72.3 Å². The van der Waals surface area contributed by atoms with Crippen molar-refractivity contribution in [3.63, 3.8) is 0 Å². The number of para-hydroxylation sites is 1. The molecule has 2 amide bonds. The number of halogens is 1. The molecule has 0 aromatic heterocycles. The van der Waals surface area contributed by atoms with Gasteiger partial charge in [0.2, 0.25) is 21.8 Å². The van der Waals surface area contributed by atoms with Crippen molar-refractivity contribution >= 4 is 39.1 Å². The Kier molecular flexibility index (Phi) is 9.94. The molecule has 3 aromatic carbocycles. The second-order valence-electron chi connectivity index (χ2n) is 9.26. The molecular formula is C29H34ClN3O4S. The van der Waals surface area contributed by atoms with Crippen LogP contribution in [0.25, 0.3) is 0 Å². The lowest BCUT2D eigenvalue weighted by molar-refractivity contribution is -0.140. The van der Waals surface area contributed by atoms with Gasteiger partial charge in [0.15, 0.2) is 0 Å². The Hall–Kier alpha value is -3.36. The number of sulfonamides is 1. The van der Waals surface area contributed by atoms with Gasteiger partial charge in [0.1, 0.15) is 12.6 Å². The Bertz CT molecular complexity index is 1360. The minimum atomic E-state index is -3.82. The van der Waals surface area contributed by atoms with E-state index in [9.17, 15) is 18.0 Å². The predicted octanol–water partition coefficient (Wildman–Crippen LogP) is 4.50. The number of benzene rings is 3. The first-order chi connectivity index (χ1) is 18.0. The molecule has 0 bridgehead atoms. The van der Waals surface area contributed by atoms with Gasteiger partial charge in [-0.25, -0.2) is 8.42 Å². The van der Waals surface area contributed by atoms with Crippen molar-refractivity contribution in [1.29, 1.82) is 0 Å². The van der Waals surface area contributed by atoms with E-state index in [1.807, 2.05) is 75.4 Å². The maximum absolute atomic E-state index is 14.0. The molecule has 0 heterocycles. The lowest BCUT2D eigenvalue weighted by Crippen LogP contribution is -2.53. The Labute approximate surface area is 230 Å². The summed E-state index contributed by atoms with van der Waals surface area (Å²) in [5.41, 5.74) is 3.53. The molecule has 0 aliphatic carbocycles. The molecule has 1 N–H and O–H groups in total. The summed E-state index contributed by atoms with van der Waals surface area (Å²) in [6.45, 7) is 5.45. The van der Waals surface area contributed by atoms with Crippen molar-refractivity contribution in [1.82, 2.24) is 10.2 Å². The summed E-state index contributed by atoms with van der Waals surface area (Å²) in [6, 6.07) is 21.1. The van der Waals surface area contributed by atoms with Crippen molar-refractivity contribution in [3.05, 3.63) is 100 Å². The first-order valence-electron chi connectivity index (χ1n) is 12.4. The first kappa shape index (κ1) is 29.2. The molecule has 7 nitrogen and oxygen atoms in total. The molecule has 38 heavy (non-hydrogen) atoms. The number of carbonyl (C=O) groups excluding carboxylic acids is 2. The van der Waals surface area contributed by atoms with Crippen LogP contribution in [0.1, 0.15) is 29.2 Å². The molecule has 1 atom stereocenters. The van der Waals surface area contributed by atoms with Crippen LogP contribution in [0, 0.1) is 13.8 Å². The Morgan fingerprint density at radius 3 is 2.11 bits per heavy atom. The number of aryl methyl sites for hydroxylation is 2. The Morgan fingerprint density at radius 1 is 0.921 bits per heavy atom. The van der Waals surface area contributed by atoms with Crippen LogP contribution in [0.5, 0.6) is 0 Å². The van der Waals surface area contributed by atoms with E-state index in [0.29, 0.717) is 17.3 Å². The SMILES string of the molecule is CCNC(=O)[C@H](Cc1ccccc1)N(Cc1cccc(Cl)c1)C(=O)CN(c1c(C)cccc1C)S(C)(=O)=O. The summed E-state index contributed by atoms with van der Waals surface area (Å²) >= 11 is 6.22. The van der Waals surface area contributed by atoms with Gasteiger partial charge < -0.3 is 10.2 Å². The summed E-state index contributed by atoms with van der Waals surface area (Å²) < 4.78 is 27.0. The molecule has 3 rings (SSSR count). The lowest BCUT2D eigenvalue weighted by Gasteiger charge is -2.34. The number of rotatable bonds is 11. The topological polar surface area (TPSA) is 86.8 Å². The molecule has 0 unspecified atom stereocenters. The minimum Gasteiger partial charge on any atom is -0.355 e. The number of carbonyl (C=O) groups is 2. The zero-order valence-corrected chi connectivity index (χ0v) is 23.7.